The third-order valence-corrected chi connectivity index (χ3v) is 4.14. The standard InChI is InChI=1S/C13H17BrN2/c1-7-8(2)13-11(6-12(7)14)10(4-5-15)9(3)16-13/h6,16H,4-5,15H2,1-3H3. The molecule has 0 bridgehead atoms. The number of rotatable bonds is 2. The lowest BCUT2D eigenvalue weighted by Gasteiger charge is -2.05. The van der Waals surface area contributed by atoms with E-state index in [0.29, 0.717) is 6.54 Å². The van der Waals surface area contributed by atoms with Crippen LogP contribution in [0.5, 0.6) is 0 Å². The van der Waals surface area contributed by atoms with Crippen LogP contribution in [0.4, 0.5) is 0 Å². The Morgan fingerprint density at radius 2 is 1.94 bits per heavy atom. The number of aromatic nitrogens is 1. The van der Waals surface area contributed by atoms with Crippen molar-refractivity contribution in [2.75, 3.05) is 6.54 Å². The molecule has 86 valence electrons. The molecule has 3 heteroatoms. The molecule has 2 rings (SSSR count). The number of benzene rings is 1. The molecule has 1 aromatic carbocycles. The molecule has 2 aromatic rings. The van der Waals surface area contributed by atoms with Gasteiger partial charge in [-0.05, 0) is 56.5 Å². The first-order valence-corrected chi connectivity index (χ1v) is 6.32. The van der Waals surface area contributed by atoms with Gasteiger partial charge in [-0.1, -0.05) is 15.9 Å². The molecule has 16 heavy (non-hydrogen) atoms. The highest BCUT2D eigenvalue weighted by Gasteiger charge is 2.12. The van der Waals surface area contributed by atoms with Gasteiger partial charge in [0.2, 0.25) is 0 Å². The summed E-state index contributed by atoms with van der Waals surface area (Å²) in [7, 11) is 0. The largest absolute Gasteiger partial charge is 0.358 e. The smallest absolute Gasteiger partial charge is 0.0492 e. The quantitative estimate of drug-likeness (QED) is 0.870. The number of hydrogen-bond acceptors (Lipinski definition) is 1. The minimum absolute atomic E-state index is 0.693. The Hall–Kier alpha value is -0.800. The molecule has 0 aliphatic carbocycles. The Morgan fingerprint density at radius 1 is 1.25 bits per heavy atom. The highest BCUT2D eigenvalue weighted by atomic mass is 79.9. The van der Waals surface area contributed by atoms with E-state index in [9.17, 15) is 0 Å². The number of H-pyrrole nitrogens is 1. The van der Waals surface area contributed by atoms with Crippen LogP contribution in [0.2, 0.25) is 0 Å². The zero-order valence-electron chi connectivity index (χ0n) is 9.95. The second kappa shape index (κ2) is 4.22. The van der Waals surface area contributed by atoms with Crippen molar-refractivity contribution in [3.8, 4) is 0 Å². The molecule has 0 amide bonds. The van der Waals surface area contributed by atoms with E-state index in [1.807, 2.05) is 0 Å². The van der Waals surface area contributed by atoms with Gasteiger partial charge >= 0.3 is 0 Å². The van der Waals surface area contributed by atoms with Gasteiger partial charge in [-0.25, -0.2) is 0 Å². The van der Waals surface area contributed by atoms with Crippen LogP contribution >= 0.6 is 15.9 Å². The van der Waals surface area contributed by atoms with E-state index in [2.05, 4.69) is 47.8 Å². The van der Waals surface area contributed by atoms with Crippen molar-refractivity contribution in [1.29, 1.82) is 0 Å². The molecular weight excluding hydrogens is 264 g/mol. The summed E-state index contributed by atoms with van der Waals surface area (Å²) in [5.74, 6) is 0. The molecule has 0 radical (unpaired) electrons. The Labute approximate surface area is 104 Å². The lowest BCUT2D eigenvalue weighted by Crippen LogP contribution is -2.03. The summed E-state index contributed by atoms with van der Waals surface area (Å²) < 4.78 is 1.18. The molecule has 1 heterocycles. The summed E-state index contributed by atoms with van der Waals surface area (Å²) in [4.78, 5) is 3.47. The van der Waals surface area contributed by atoms with E-state index in [0.717, 1.165) is 6.42 Å². The van der Waals surface area contributed by atoms with E-state index in [4.69, 9.17) is 5.73 Å². The van der Waals surface area contributed by atoms with Crippen LogP contribution in [-0.2, 0) is 6.42 Å². The van der Waals surface area contributed by atoms with E-state index < -0.39 is 0 Å². The maximum absolute atomic E-state index is 5.66. The predicted molar refractivity (Wildman–Crippen MR) is 73.0 cm³/mol. The van der Waals surface area contributed by atoms with E-state index in [1.165, 1.54) is 37.8 Å². The maximum atomic E-state index is 5.66. The number of nitrogens with one attached hydrogen (secondary N) is 1. The van der Waals surface area contributed by atoms with Gasteiger partial charge in [0.1, 0.15) is 0 Å². The summed E-state index contributed by atoms with van der Waals surface area (Å²) in [6.45, 7) is 7.11. The van der Waals surface area contributed by atoms with Crippen molar-refractivity contribution < 1.29 is 0 Å². The van der Waals surface area contributed by atoms with Gasteiger partial charge in [-0.2, -0.15) is 0 Å². The molecule has 0 saturated carbocycles. The Morgan fingerprint density at radius 3 is 2.56 bits per heavy atom. The summed E-state index contributed by atoms with van der Waals surface area (Å²) in [6, 6.07) is 2.20. The van der Waals surface area contributed by atoms with Crippen molar-refractivity contribution in [1.82, 2.24) is 4.98 Å². The number of aromatic amines is 1. The van der Waals surface area contributed by atoms with Crippen molar-refractivity contribution in [3.05, 3.63) is 32.9 Å². The van der Waals surface area contributed by atoms with Gasteiger partial charge in [0, 0.05) is 21.1 Å². The van der Waals surface area contributed by atoms with Crippen LogP contribution in [0.25, 0.3) is 10.9 Å². The summed E-state index contributed by atoms with van der Waals surface area (Å²) in [5.41, 5.74) is 12.1. The molecule has 0 aliphatic rings. The number of fused-ring (bicyclic) bond motifs is 1. The molecule has 0 fully saturated rings. The van der Waals surface area contributed by atoms with Crippen LogP contribution in [0, 0.1) is 20.8 Å². The lowest BCUT2D eigenvalue weighted by atomic mass is 10.0. The molecular formula is C13H17BrN2. The average molecular weight is 281 g/mol. The second-order valence-corrected chi connectivity index (χ2v) is 5.15. The highest BCUT2D eigenvalue weighted by molar-refractivity contribution is 9.10. The van der Waals surface area contributed by atoms with Gasteiger partial charge in [0.25, 0.3) is 0 Å². The van der Waals surface area contributed by atoms with Crippen molar-refractivity contribution in [3.63, 3.8) is 0 Å². The number of hydrogen-bond donors (Lipinski definition) is 2. The van der Waals surface area contributed by atoms with Gasteiger partial charge in [-0.15, -0.1) is 0 Å². The average Bonchev–Trinajstić information content (AvgIpc) is 2.55. The minimum Gasteiger partial charge on any atom is -0.358 e. The van der Waals surface area contributed by atoms with E-state index >= 15 is 0 Å². The molecule has 0 atom stereocenters. The Bertz CT molecular complexity index is 541. The molecule has 0 aliphatic heterocycles. The maximum Gasteiger partial charge on any atom is 0.0492 e. The molecule has 3 N–H and O–H groups in total. The molecule has 0 saturated heterocycles. The monoisotopic (exact) mass is 280 g/mol. The zero-order chi connectivity index (χ0) is 11.9. The van der Waals surface area contributed by atoms with Crippen molar-refractivity contribution in [2.24, 2.45) is 5.73 Å². The van der Waals surface area contributed by atoms with Crippen LogP contribution in [-0.4, -0.2) is 11.5 Å². The van der Waals surface area contributed by atoms with Crippen molar-refractivity contribution in [2.45, 2.75) is 27.2 Å². The van der Waals surface area contributed by atoms with Crippen LogP contribution in [0.3, 0.4) is 0 Å². The molecule has 0 spiro atoms. The van der Waals surface area contributed by atoms with Gasteiger partial charge in [-0.3, -0.25) is 0 Å². The first-order valence-electron chi connectivity index (χ1n) is 5.53. The SMILES string of the molecule is Cc1[nH]c2c(C)c(C)c(Br)cc2c1CCN. The topological polar surface area (TPSA) is 41.8 Å². The predicted octanol–water partition coefficient (Wildman–Crippen LogP) is 3.36. The Kier molecular flexibility index (Phi) is 3.08. The second-order valence-electron chi connectivity index (χ2n) is 4.30. The first-order chi connectivity index (χ1) is 7.56. The van der Waals surface area contributed by atoms with Crippen LogP contribution < -0.4 is 5.73 Å². The van der Waals surface area contributed by atoms with Gasteiger partial charge in [0.15, 0.2) is 0 Å². The molecule has 2 nitrogen and oxygen atoms in total. The molecule has 1 aromatic heterocycles. The van der Waals surface area contributed by atoms with E-state index in [-0.39, 0.29) is 0 Å². The fraction of sp³-hybridized carbons (Fsp3) is 0.385. The van der Waals surface area contributed by atoms with Gasteiger partial charge < -0.3 is 10.7 Å². The number of halogens is 1. The normalized spacial score (nSPS) is 11.3. The van der Waals surface area contributed by atoms with Crippen LogP contribution in [0.1, 0.15) is 22.4 Å². The minimum atomic E-state index is 0.693. The summed E-state index contributed by atoms with van der Waals surface area (Å²) in [5, 5.41) is 1.30. The zero-order valence-corrected chi connectivity index (χ0v) is 11.5. The van der Waals surface area contributed by atoms with Crippen molar-refractivity contribution >= 4 is 26.8 Å². The fourth-order valence-electron chi connectivity index (χ4n) is 2.21. The number of aryl methyl sites for hydroxylation is 2. The Balaban J connectivity index is 2.80. The fourth-order valence-corrected chi connectivity index (χ4v) is 2.73. The van der Waals surface area contributed by atoms with Crippen LogP contribution in [0.15, 0.2) is 10.5 Å². The number of nitrogens with two attached hydrogens (primary N) is 1. The first kappa shape index (κ1) is 11.7. The third-order valence-electron chi connectivity index (χ3n) is 3.32. The van der Waals surface area contributed by atoms with E-state index in [1.54, 1.807) is 0 Å². The lowest BCUT2D eigenvalue weighted by molar-refractivity contribution is 0.963. The molecule has 0 unspecified atom stereocenters. The third kappa shape index (κ3) is 1.68. The highest BCUT2D eigenvalue weighted by Crippen LogP contribution is 2.31. The van der Waals surface area contributed by atoms with Gasteiger partial charge in [0.05, 0.1) is 0 Å². The summed E-state index contributed by atoms with van der Waals surface area (Å²) in [6.07, 6.45) is 0.931. The summed E-state index contributed by atoms with van der Waals surface area (Å²) >= 11 is 3.62.